The minimum Gasteiger partial charge on any atom is -0.328 e. The molecule has 3 aliphatic rings. The predicted octanol–water partition coefficient (Wildman–Crippen LogP) is 2.06. The zero-order chi connectivity index (χ0) is 13.1. The van der Waals surface area contributed by atoms with Gasteiger partial charge in [-0.2, -0.15) is 0 Å². The molecule has 2 N–H and O–H groups in total. The summed E-state index contributed by atoms with van der Waals surface area (Å²) in [4.78, 5) is 5.50. The molecule has 2 aliphatic heterocycles. The molecule has 1 aliphatic carbocycles. The number of nitrogens with two attached hydrogens (primary N) is 1. The summed E-state index contributed by atoms with van der Waals surface area (Å²) in [5.74, 6) is 0.930. The van der Waals surface area contributed by atoms with Crippen LogP contribution in [-0.2, 0) is 0 Å². The van der Waals surface area contributed by atoms with Crippen LogP contribution in [-0.4, -0.2) is 54.6 Å². The van der Waals surface area contributed by atoms with Gasteiger partial charge in [0.2, 0.25) is 0 Å². The summed E-state index contributed by atoms with van der Waals surface area (Å²) < 4.78 is 0. The van der Waals surface area contributed by atoms with Crippen LogP contribution in [0.5, 0.6) is 0 Å². The van der Waals surface area contributed by atoms with E-state index in [0.29, 0.717) is 6.04 Å². The Labute approximate surface area is 118 Å². The van der Waals surface area contributed by atoms with Crippen LogP contribution in [0.2, 0.25) is 0 Å². The van der Waals surface area contributed by atoms with Crippen LogP contribution >= 0.6 is 0 Å². The first-order valence-electron chi connectivity index (χ1n) is 8.53. The van der Waals surface area contributed by atoms with Gasteiger partial charge in [0.15, 0.2) is 0 Å². The molecular formula is C16H31N3. The summed E-state index contributed by atoms with van der Waals surface area (Å²) >= 11 is 0. The first kappa shape index (κ1) is 13.8. The average molecular weight is 265 g/mol. The van der Waals surface area contributed by atoms with Gasteiger partial charge in [-0.25, -0.2) is 0 Å². The molecule has 3 nitrogen and oxygen atoms in total. The highest BCUT2D eigenvalue weighted by Crippen LogP contribution is 2.26. The summed E-state index contributed by atoms with van der Waals surface area (Å²) in [7, 11) is 0. The number of nitrogens with zero attached hydrogens (tertiary/aromatic N) is 2. The maximum atomic E-state index is 6.00. The third-order valence-electron chi connectivity index (χ3n) is 5.56. The molecule has 1 unspecified atom stereocenters. The molecule has 0 aromatic carbocycles. The van der Waals surface area contributed by atoms with Crippen molar-refractivity contribution in [2.45, 2.75) is 63.5 Å². The van der Waals surface area contributed by atoms with Gasteiger partial charge in [0, 0.05) is 25.2 Å². The molecule has 1 atom stereocenters. The van der Waals surface area contributed by atoms with Crippen molar-refractivity contribution in [2.24, 2.45) is 11.7 Å². The Balaban J connectivity index is 1.41. The van der Waals surface area contributed by atoms with Crippen LogP contribution < -0.4 is 5.73 Å². The van der Waals surface area contributed by atoms with Crippen molar-refractivity contribution in [3.63, 3.8) is 0 Å². The second-order valence-electron chi connectivity index (χ2n) is 7.08. The molecule has 3 rings (SSSR count). The standard InChI is InChI=1S/C16H31N3/c17-15-6-4-14(5-7-15)12-18-11-8-16(13-18)19-9-2-1-3-10-19/h14-16H,1-13,17H2. The maximum Gasteiger partial charge on any atom is 0.0235 e. The number of hydrogen-bond acceptors (Lipinski definition) is 3. The van der Waals surface area contributed by atoms with Crippen LogP contribution in [0.25, 0.3) is 0 Å². The first-order valence-corrected chi connectivity index (χ1v) is 8.53. The fraction of sp³-hybridized carbons (Fsp3) is 1.00. The molecule has 3 fully saturated rings. The van der Waals surface area contributed by atoms with E-state index in [9.17, 15) is 0 Å². The summed E-state index contributed by atoms with van der Waals surface area (Å²) in [5, 5.41) is 0. The van der Waals surface area contributed by atoms with Crippen LogP contribution in [0.15, 0.2) is 0 Å². The van der Waals surface area contributed by atoms with Crippen molar-refractivity contribution in [3.8, 4) is 0 Å². The zero-order valence-corrected chi connectivity index (χ0v) is 12.4. The summed E-state index contributed by atoms with van der Waals surface area (Å²) in [5.41, 5.74) is 6.00. The minimum absolute atomic E-state index is 0.496. The predicted molar refractivity (Wildman–Crippen MR) is 80.2 cm³/mol. The second-order valence-corrected chi connectivity index (χ2v) is 7.08. The van der Waals surface area contributed by atoms with E-state index < -0.39 is 0 Å². The third-order valence-corrected chi connectivity index (χ3v) is 5.56. The van der Waals surface area contributed by atoms with Crippen molar-refractivity contribution < 1.29 is 0 Å². The van der Waals surface area contributed by atoms with Gasteiger partial charge in [-0.05, 0) is 70.5 Å². The number of rotatable bonds is 3. The molecule has 0 aromatic rings. The zero-order valence-electron chi connectivity index (χ0n) is 12.4. The maximum absolute atomic E-state index is 6.00. The van der Waals surface area contributed by atoms with E-state index in [4.69, 9.17) is 5.73 Å². The lowest BCUT2D eigenvalue weighted by atomic mass is 9.86. The van der Waals surface area contributed by atoms with Gasteiger partial charge in [0.1, 0.15) is 0 Å². The van der Waals surface area contributed by atoms with Crippen molar-refractivity contribution in [1.82, 2.24) is 9.80 Å². The van der Waals surface area contributed by atoms with Crippen LogP contribution in [0.4, 0.5) is 0 Å². The molecule has 2 heterocycles. The lowest BCUT2D eigenvalue weighted by molar-refractivity contribution is 0.154. The Bertz CT molecular complexity index is 267. The Hall–Kier alpha value is -0.120. The van der Waals surface area contributed by atoms with E-state index in [1.54, 1.807) is 0 Å². The smallest absolute Gasteiger partial charge is 0.0235 e. The fourth-order valence-electron chi connectivity index (χ4n) is 4.30. The number of hydrogen-bond donors (Lipinski definition) is 1. The molecule has 110 valence electrons. The first-order chi connectivity index (χ1) is 9.31. The molecule has 0 spiro atoms. The van der Waals surface area contributed by atoms with E-state index in [2.05, 4.69) is 9.80 Å². The average Bonchev–Trinajstić information content (AvgIpc) is 2.91. The van der Waals surface area contributed by atoms with Gasteiger partial charge < -0.3 is 10.6 Å². The quantitative estimate of drug-likeness (QED) is 0.848. The summed E-state index contributed by atoms with van der Waals surface area (Å²) in [6.45, 7) is 6.73. The lowest BCUT2D eigenvalue weighted by Crippen LogP contribution is -2.41. The number of piperidine rings is 1. The molecule has 0 radical (unpaired) electrons. The topological polar surface area (TPSA) is 32.5 Å². The molecule has 0 bridgehead atoms. The third kappa shape index (κ3) is 3.71. The Morgan fingerprint density at radius 1 is 0.842 bits per heavy atom. The fourth-order valence-corrected chi connectivity index (χ4v) is 4.30. The van der Waals surface area contributed by atoms with Gasteiger partial charge in [-0.3, -0.25) is 4.90 Å². The van der Waals surface area contributed by atoms with Crippen LogP contribution in [0.1, 0.15) is 51.4 Å². The second kappa shape index (κ2) is 6.55. The van der Waals surface area contributed by atoms with Gasteiger partial charge >= 0.3 is 0 Å². The van der Waals surface area contributed by atoms with Gasteiger partial charge in [0.25, 0.3) is 0 Å². The van der Waals surface area contributed by atoms with Crippen LogP contribution in [0.3, 0.4) is 0 Å². The van der Waals surface area contributed by atoms with Gasteiger partial charge in [-0.15, -0.1) is 0 Å². The number of likely N-dealkylation sites (tertiary alicyclic amines) is 2. The summed E-state index contributed by atoms with van der Waals surface area (Å²) in [6.07, 6.45) is 11.0. The van der Waals surface area contributed by atoms with E-state index in [1.165, 1.54) is 84.1 Å². The molecule has 0 amide bonds. The largest absolute Gasteiger partial charge is 0.328 e. The van der Waals surface area contributed by atoms with E-state index >= 15 is 0 Å². The van der Waals surface area contributed by atoms with E-state index in [1.807, 2.05) is 0 Å². The molecule has 3 heteroatoms. The Morgan fingerprint density at radius 2 is 1.58 bits per heavy atom. The normalized spacial score (nSPS) is 38.7. The Kier molecular flexibility index (Phi) is 4.78. The summed E-state index contributed by atoms with van der Waals surface area (Å²) in [6, 6.07) is 1.36. The monoisotopic (exact) mass is 265 g/mol. The van der Waals surface area contributed by atoms with E-state index in [-0.39, 0.29) is 0 Å². The van der Waals surface area contributed by atoms with Crippen LogP contribution in [0, 0.1) is 5.92 Å². The molecule has 19 heavy (non-hydrogen) atoms. The van der Waals surface area contributed by atoms with Crippen molar-refractivity contribution in [3.05, 3.63) is 0 Å². The van der Waals surface area contributed by atoms with Gasteiger partial charge in [-0.1, -0.05) is 6.42 Å². The molecule has 2 saturated heterocycles. The van der Waals surface area contributed by atoms with Crippen molar-refractivity contribution >= 4 is 0 Å². The highest BCUT2D eigenvalue weighted by molar-refractivity contribution is 4.86. The highest BCUT2D eigenvalue weighted by atomic mass is 15.3. The Morgan fingerprint density at radius 3 is 2.32 bits per heavy atom. The van der Waals surface area contributed by atoms with Crippen molar-refractivity contribution in [1.29, 1.82) is 0 Å². The molecular weight excluding hydrogens is 234 g/mol. The van der Waals surface area contributed by atoms with E-state index in [0.717, 1.165) is 12.0 Å². The van der Waals surface area contributed by atoms with Crippen molar-refractivity contribution in [2.75, 3.05) is 32.7 Å². The molecule has 0 aromatic heterocycles. The lowest BCUT2D eigenvalue weighted by Gasteiger charge is -2.33. The van der Waals surface area contributed by atoms with Gasteiger partial charge in [0.05, 0.1) is 0 Å². The highest BCUT2D eigenvalue weighted by Gasteiger charge is 2.30. The SMILES string of the molecule is NC1CCC(CN2CCC(N3CCCCC3)C2)CC1. The molecule has 1 saturated carbocycles. The minimum atomic E-state index is 0.496.